The number of hydrogen-bond donors (Lipinski definition) is 1. The molecule has 13 heavy (non-hydrogen) atoms. The van der Waals surface area contributed by atoms with Crippen LogP contribution >= 0.6 is 0 Å². The molecule has 1 rings (SSSR count). The van der Waals surface area contributed by atoms with Gasteiger partial charge in [0.15, 0.2) is 0 Å². The van der Waals surface area contributed by atoms with E-state index in [1.807, 2.05) is 0 Å². The Morgan fingerprint density at radius 3 is 2.46 bits per heavy atom. The van der Waals surface area contributed by atoms with E-state index >= 15 is 0 Å². The van der Waals surface area contributed by atoms with Crippen LogP contribution in [0.1, 0.15) is 18.3 Å². The number of aromatic nitrogens is 2. The third-order valence-electron chi connectivity index (χ3n) is 1.49. The Hall–Kier alpha value is -1.33. The molecule has 0 saturated carbocycles. The predicted molar refractivity (Wildman–Crippen MR) is 40.8 cm³/mol. The first-order valence-corrected chi connectivity index (χ1v) is 3.63. The van der Waals surface area contributed by atoms with Gasteiger partial charge < -0.3 is 5.73 Å². The number of halogens is 3. The molecule has 1 aromatic heterocycles. The van der Waals surface area contributed by atoms with Crippen LogP contribution in [0.4, 0.5) is 19.0 Å². The van der Waals surface area contributed by atoms with Crippen LogP contribution in [0.2, 0.25) is 0 Å². The summed E-state index contributed by atoms with van der Waals surface area (Å²) in [6.45, 7) is 1.74. The standard InChI is InChI=1S/C7H8F3N3/c1-2-5-12-3-4(6(11)13-5)7(8,9)10/h3H,2H2,1H3,(H2,11,12,13). The lowest BCUT2D eigenvalue weighted by molar-refractivity contribution is -0.137. The monoisotopic (exact) mass is 191 g/mol. The number of aryl methyl sites for hydroxylation is 1. The zero-order chi connectivity index (χ0) is 10.1. The van der Waals surface area contributed by atoms with Crippen LogP contribution in [0.25, 0.3) is 0 Å². The van der Waals surface area contributed by atoms with Crippen LogP contribution in [0, 0.1) is 0 Å². The Kier molecular flexibility index (Phi) is 2.40. The van der Waals surface area contributed by atoms with E-state index in [1.54, 1.807) is 6.92 Å². The summed E-state index contributed by atoms with van der Waals surface area (Å²) >= 11 is 0. The second kappa shape index (κ2) is 3.20. The SMILES string of the molecule is CCc1ncc(C(F)(F)F)c(N)n1. The summed E-state index contributed by atoms with van der Waals surface area (Å²) in [6.07, 6.45) is -3.31. The lowest BCUT2D eigenvalue weighted by atomic mass is 10.3. The molecular weight excluding hydrogens is 183 g/mol. The number of anilines is 1. The van der Waals surface area contributed by atoms with Gasteiger partial charge in [-0.3, -0.25) is 0 Å². The van der Waals surface area contributed by atoms with Gasteiger partial charge in [-0.25, -0.2) is 9.97 Å². The molecular formula is C7H8F3N3. The topological polar surface area (TPSA) is 51.8 Å². The Morgan fingerprint density at radius 2 is 2.08 bits per heavy atom. The molecule has 72 valence electrons. The van der Waals surface area contributed by atoms with E-state index in [2.05, 4.69) is 9.97 Å². The number of hydrogen-bond acceptors (Lipinski definition) is 3. The Morgan fingerprint density at radius 1 is 1.46 bits per heavy atom. The fourth-order valence-electron chi connectivity index (χ4n) is 0.822. The third-order valence-corrected chi connectivity index (χ3v) is 1.49. The quantitative estimate of drug-likeness (QED) is 0.734. The second-order valence-corrected chi connectivity index (χ2v) is 2.44. The molecule has 0 spiro atoms. The van der Waals surface area contributed by atoms with Crippen molar-refractivity contribution in [3.8, 4) is 0 Å². The van der Waals surface area contributed by atoms with Gasteiger partial charge in [0.25, 0.3) is 0 Å². The van der Waals surface area contributed by atoms with Crippen LogP contribution in [-0.4, -0.2) is 9.97 Å². The Bertz CT molecular complexity index is 308. The molecule has 0 unspecified atom stereocenters. The van der Waals surface area contributed by atoms with Crippen molar-refractivity contribution in [3.63, 3.8) is 0 Å². The average molecular weight is 191 g/mol. The highest BCUT2D eigenvalue weighted by atomic mass is 19.4. The third kappa shape index (κ3) is 2.07. The van der Waals surface area contributed by atoms with Crippen LogP contribution in [0.5, 0.6) is 0 Å². The van der Waals surface area contributed by atoms with Gasteiger partial charge >= 0.3 is 6.18 Å². The largest absolute Gasteiger partial charge is 0.421 e. The van der Waals surface area contributed by atoms with Crippen molar-refractivity contribution in [2.75, 3.05) is 5.73 Å². The fourth-order valence-corrected chi connectivity index (χ4v) is 0.822. The van der Waals surface area contributed by atoms with Crippen molar-refractivity contribution in [2.24, 2.45) is 0 Å². The number of nitrogens with zero attached hydrogens (tertiary/aromatic N) is 2. The van der Waals surface area contributed by atoms with Gasteiger partial charge in [0.2, 0.25) is 0 Å². The Labute approximate surface area is 72.8 Å². The molecule has 0 amide bonds. The van der Waals surface area contributed by atoms with Gasteiger partial charge in [0.05, 0.1) is 0 Å². The van der Waals surface area contributed by atoms with Crippen molar-refractivity contribution < 1.29 is 13.2 Å². The van der Waals surface area contributed by atoms with Crippen molar-refractivity contribution in [1.82, 2.24) is 9.97 Å². The van der Waals surface area contributed by atoms with Gasteiger partial charge in [0.1, 0.15) is 17.2 Å². The van der Waals surface area contributed by atoms with Gasteiger partial charge in [-0.05, 0) is 0 Å². The van der Waals surface area contributed by atoms with Gasteiger partial charge in [-0.15, -0.1) is 0 Å². The second-order valence-electron chi connectivity index (χ2n) is 2.44. The van der Waals surface area contributed by atoms with Crippen LogP contribution < -0.4 is 5.73 Å². The van der Waals surface area contributed by atoms with Crippen LogP contribution in [-0.2, 0) is 12.6 Å². The maximum absolute atomic E-state index is 12.1. The molecule has 1 heterocycles. The summed E-state index contributed by atoms with van der Waals surface area (Å²) in [7, 11) is 0. The van der Waals surface area contributed by atoms with E-state index in [9.17, 15) is 13.2 Å². The van der Waals surface area contributed by atoms with E-state index < -0.39 is 17.6 Å². The van der Waals surface area contributed by atoms with Gasteiger partial charge in [-0.2, -0.15) is 13.2 Å². The van der Waals surface area contributed by atoms with E-state index in [4.69, 9.17) is 5.73 Å². The number of rotatable bonds is 1. The number of alkyl halides is 3. The normalized spacial score (nSPS) is 11.7. The van der Waals surface area contributed by atoms with Crippen LogP contribution in [0.3, 0.4) is 0 Å². The predicted octanol–water partition coefficient (Wildman–Crippen LogP) is 1.64. The highest BCUT2D eigenvalue weighted by molar-refractivity contribution is 5.39. The highest BCUT2D eigenvalue weighted by Gasteiger charge is 2.34. The highest BCUT2D eigenvalue weighted by Crippen LogP contribution is 2.31. The number of nitrogen functional groups attached to an aromatic ring is 1. The molecule has 0 aromatic carbocycles. The zero-order valence-electron chi connectivity index (χ0n) is 6.89. The minimum atomic E-state index is -4.48. The first-order chi connectivity index (χ1) is 5.95. The van der Waals surface area contributed by atoms with Crippen molar-refractivity contribution in [3.05, 3.63) is 17.6 Å². The summed E-state index contributed by atoms with van der Waals surface area (Å²) in [4.78, 5) is 7.02. The summed E-state index contributed by atoms with van der Waals surface area (Å²) in [5, 5.41) is 0. The van der Waals surface area contributed by atoms with E-state index in [1.165, 1.54) is 0 Å². The molecule has 0 bridgehead atoms. The van der Waals surface area contributed by atoms with E-state index in [0.717, 1.165) is 0 Å². The summed E-state index contributed by atoms with van der Waals surface area (Å²) < 4.78 is 36.4. The molecule has 0 aliphatic rings. The maximum atomic E-state index is 12.1. The molecule has 2 N–H and O–H groups in total. The lowest BCUT2D eigenvalue weighted by Crippen LogP contribution is -2.12. The van der Waals surface area contributed by atoms with Crippen molar-refractivity contribution >= 4 is 5.82 Å². The minimum Gasteiger partial charge on any atom is -0.383 e. The molecule has 0 atom stereocenters. The molecule has 6 heteroatoms. The van der Waals surface area contributed by atoms with Crippen molar-refractivity contribution in [1.29, 1.82) is 0 Å². The maximum Gasteiger partial charge on any atom is 0.421 e. The van der Waals surface area contributed by atoms with Crippen molar-refractivity contribution in [2.45, 2.75) is 19.5 Å². The Balaban J connectivity index is 3.13. The minimum absolute atomic E-state index is 0.311. The molecule has 0 radical (unpaired) electrons. The smallest absolute Gasteiger partial charge is 0.383 e. The van der Waals surface area contributed by atoms with Crippen LogP contribution in [0.15, 0.2) is 6.20 Å². The first kappa shape index (κ1) is 9.76. The molecule has 0 aliphatic carbocycles. The number of nitrogens with two attached hydrogens (primary N) is 1. The van der Waals surface area contributed by atoms with E-state index in [-0.39, 0.29) is 0 Å². The summed E-state index contributed by atoms with van der Waals surface area (Å²) in [5.74, 6) is -0.204. The first-order valence-electron chi connectivity index (χ1n) is 3.63. The average Bonchev–Trinajstić information content (AvgIpc) is 2.01. The summed E-state index contributed by atoms with van der Waals surface area (Å²) in [5.41, 5.74) is 4.13. The van der Waals surface area contributed by atoms with Gasteiger partial charge in [0, 0.05) is 12.6 Å². The molecule has 0 saturated heterocycles. The molecule has 0 fully saturated rings. The molecule has 1 aromatic rings. The fraction of sp³-hybridized carbons (Fsp3) is 0.429. The van der Waals surface area contributed by atoms with Gasteiger partial charge in [-0.1, -0.05) is 6.92 Å². The molecule has 3 nitrogen and oxygen atoms in total. The zero-order valence-corrected chi connectivity index (χ0v) is 6.89. The lowest BCUT2D eigenvalue weighted by Gasteiger charge is -2.08. The van der Waals surface area contributed by atoms with E-state index in [0.29, 0.717) is 18.4 Å². The molecule has 0 aliphatic heterocycles. The summed E-state index contributed by atoms with van der Waals surface area (Å²) in [6, 6.07) is 0.